The van der Waals surface area contributed by atoms with E-state index in [0.717, 1.165) is 5.25 Å². The molecule has 13 heavy (non-hydrogen) atoms. The van der Waals surface area contributed by atoms with E-state index in [0.29, 0.717) is 0 Å². The van der Waals surface area contributed by atoms with Gasteiger partial charge in [-0.15, -0.1) is 0 Å². The van der Waals surface area contributed by atoms with Crippen molar-refractivity contribution in [3.63, 3.8) is 0 Å². The SMILES string of the molecule is CCCNCCCSC1CCCC1. The van der Waals surface area contributed by atoms with Crippen molar-refractivity contribution in [2.75, 3.05) is 18.8 Å². The summed E-state index contributed by atoms with van der Waals surface area (Å²) in [5.74, 6) is 1.36. The number of rotatable bonds is 7. The quantitative estimate of drug-likeness (QED) is 0.635. The van der Waals surface area contributed by atoms with Gasteiger partial charge in [0.05, 0.1) is 0 Å². The molecule has 0 saturated heterocycles. The summed E-state index contributed by atoms with van der Waals surface area (Å²) in [7, 11) is 0. The molecule has 0 radical (unpaired) electrons. The van der Waals surface area contributed by atoms with E-state index in [1.165, 1.54) is 57.4 Å². The third-order valence-electron chi connectivity index (χ3n) is 2.58. The minimum atomic E-state index is 1.01. The van der Waals surface area contributed by atoms with E-state index in [1.54, 1.807) is 0 Å². The molecule has 1 nitrogen and oxygen atoms in total. The predicted octanol–water partition coefficient (Wildman–Crippen LogP) is 3.05. The van der Waals surface area contributed by atoms with Crippen LogP contribution in [-0.2, 0) is 0 Å². The van der Waals surface area contributed by atoms with Gasteiger partial charge < -0.3 is 5.32 Å². The van der Waals surface area contributed by atoms with Crippen LogP contribution in [0, 0.1) is 0 Å². The van der Waals surface area contributed by atoms with Crippen LogP contribution in [0.5, 0.6) is 0 Å². The Bertz CT molecular complexity index is 111. The van der Waals surface area contributed by atoms with E-state index >= 15 is 0 Å². The van der Waals surface area contributed by atoms with Crippen molar-refractivity contribution in [3.8, 4) is 0 Å². The Labute approximate surface area is 87.1 Å². The van der Waals surface area contributed by atoms with Crippen LogP contribution in [0.25, 0.3) is 0 Å². The van der Waals surface area contributed by atoms with Crippen molar-refractivity contribution in [3.05, 3.63) is 0 Å². The number of hydrogen-bond donors (Lipinski definition) is 1. The lowest BCUT2D eigenvalue weighted by Crippen LogP contribution is -2.16. The van der Waals surface area contributed by atoms with Crippen LogP contribution in [0.3, 0.4) is 0 Å². The molecule has 1 aliphatic rings. The Morgan fingerprint density at radius 3 is 2.69 bits per heavy atom. The van der Waals surface area contributed by atoms with Gasteiger partial charge >= 0.3 is 0 Å². The highest BCUT2D eigenvalue weighted by Gasteiger charge is 2.14. The normalized spacial score (nSPS) is 18.2. The molecule has 0 aromatic heterocycles. The van der Waals surface area contributed by atoms with Gasteiger partial charge in [0.2, 0.25) is 0 Å². The third kappa shape index (κ3) is 5.58. The zero-order chi connectivity index (χ0) is 9.36. The van der Waals surface area contributed by atoms with Gasteiger partial charge in [-0.1, -0.05) is 19.8 Å². The molecule has 1 rings (SSSR count). The molecule has 0 spiro atoms. The summed E-state index contributed by atoms with van der Waals surface area (Å²) in [6.07, 6.45) is 8.52. The average molecular weight is 201 g/mol. The first-order valence-electron chi connectivity index (χ1n) is 5.76. The summed E-state index contributed by atoms with van der Waals surface area (Å²) >= 11 is 2.20. The molecular formula is C11H23NS. The fourth-order valence-electron chi connectivity index (χ4n) is 1.80. The number of nitrogens with one attached hydrogen (secondary N) is 1. The van der Waals surface area contributed by atoms with Gasteiger partial charge in [-0.2, -0.15) is 11.8 Å². The highest BCUT2D eigenvalue weighted by molar-refractivity contribution is 7.99. The van der Waals surface area contributed by atoms with Gasteiger partial charge in [-0.05, 0) is 44.5 Å². The summed E-state index contributed by atoms with van der Waals surface area (Å²) in [6, 6.07) is 0. The summed E-state index contributed by atoms with van der Waals surface area (Å²) < 4.78 is 0. The molecule has 1 saturated carbocycles. The van der Waals surface area contributed by atoms with Crippen LogP contribution in [0.4, 0.5) is 0 Å². The van der Waals surface area contributed by atoms with Gasteiger partial charge in [-0.3, -0.25) is 0 Å². The molecule has 1 N–H and O–H groups in total. The maximum absolute atomic E-state index is 3.45. The first-order valence-corrected chi connectivity index (χ1v) is 6.80. The first kappa shape index (κ1) is 11.4. The molecule has 0 heterocycles. The van der Waals surface area contributed by atoms with Gasteiger partial charge in [0, 0.05) is 5.25 Å². The zero-order valence-electron chi connectivity index (χ0n) is 8.85. The zero-order valence-corrected chi connectivity index (χ0v) is 9.67. The fraction of sp³-hybridized carbons (Fsp3) is 1.00. The summed E-state index contributed by atoms with van der Waals surface area (Å²) in [4.78, 5) is 0. The number of thioether (sulfide) groups is 1. The van der Waals surface area contributed by atoms with Crippen molar-refractivity contribution in [2.45, 2.75) is 50.7 Å². The second kappa shape index (κ2) is 7.69. The van der Waals surface area contributed by atoms with Crippen molar-refractivity contribution in [2.24, 2.45) is 0 Å². The van der Waals surface area contributed by atoms with E-state index in [1.807, 2.05) is 0 Å². The fourth-order valence-corrected chi connectivity index (χ4v) is 3.11. The second-order valence-corrected chi connectivity index (χ2v) is 5.29. The summed E-state index contributed by atoms with van der Waals surface area (Å²) in [6.45, 7) is 4.63. The molecule has 1 fully saturated rings. The van der Waals surface area contributed by atoms with Gasteiger partial charge in [0.1, 0.15) is 0 Å². The standard InChI is InChI=1S/C11H23NS/c1-2-8-12-9-5-10-13-11-6-3-4-7-11/h11-12H,2-10H2,1H3. The van der Waals surface area contributed by atoms with Gasteiger partial charge in [0.25, 0.3) is 0 Å². The lowest BCUT2D eigenvalue weighted by atomic mass is 10.4. The van der Waals surface area contributed by atoms with Crippen LogP contribution in [0.2, 0.25) is 0 Å². The van der Waals surface area contributed by atoms with E-state index in [-0.39, 0.29) is 0 Å². The lowest BCUT2D eigenvalue weighted by molar-refractivity contribution is 0.664. The minimum absolute atomic E-state index is 1.01. The smallest absolute Gasteiger partial charge is 0.00470 e. The van der Waals surface area contributed by atoms with Crippen LogP contribution in [0.15, 0.2) is 0 Å². The molecular weight excluding hydrogens is 178 g/mol. The van der Waals surface area contributed by atoms with Crippen LogP contribution >= 0.6 is 11.8 Å². The van der Waals surface area contributed by atoms with Crippen molar-refractivity contribution >= 4 is 11.8 Å². The maximum Gasteiger partial charge on any atom is 0.00470 e. The van der Waals surface area contributed by atoms with Crippen LogP contribution in [0.1, 0.15) is 45.4 Å². The van der Waals surface area contributed by atoms with E-state index in [9.17, 15) is 0 Å². The molecule has 0 amide bonds. The van der Waals surface area contributed by atoms with E-state index < -0.39 is 0 Å². The van der Waals surface area contributed by atoms with Crippen molar-refractivity contribution in [1.82, 2.24) is 5.32 Å². The highest BCUT2D eigenvalue weighted by Crippen LogP contribution is 2.29. The van der Waals surface area contributed by atoms with E-state index in [2.05, 4.69) is 24.0 Å². The molecule has 0 unspecified atom stereocenters. The molecule has 2 heteroatoms. The Kier molecular flexibility index (Phi) is 6.73. The lowest BCUT2D eigenvalue weighted by Gasteiger charge is -2.08. The Balaban J connectivity index is 1.78. The monoisotopic (exact) mass is 201 g/mol. The summed E-state index contributed by atoms with van der Waals surface area (Å²) in [5, 5.41) is 4.45. The topological polar surface area (TPSA) is 12.0 Å². The van der Waals surface area contributed by atoms with Crippen LogP contribution in [-0.4, -0.2) is 24.1 Å². The Morgan fingerprint density at radius 2 is 2.00 bits per heavy atom. The highest BCUT2D eigenvalue weighted by atomic mass is 32.2. The average Bonchev–Trinajstić information content (AvgIpc) is 2.63. The molecule has 0 aromatic carbocycles. The molecule has 0 atom stereocenters. The van der Waals surface area contributed by atoms with Crippen molar-refractivity contribution in [1.29, 1.82) is 0 Å². The second-order valence-electron chi connectivity index (χ2n) is 3.88. The maximum atomic E-state index is 3.45. The Hall–Kier alpha value is 0.310. The molecule has 0 aliphatic heterocycles. The van der Waals surface area contributed by atoms with E-state index in [4.69, 9.17) is 0 Å². The largest absolute Gasteiger partial charge is 0.317 e. The predicted molar refractivity (Wildman–Crippen MR) is 62.5 cm³/mol. The molecule has 0 aromatic rings. The van der Waals surface area contributed by atoms with Crippen molar-refractivity contribution < 1.29 is 0 Å². The summed E-state index contributed by atoms with van der Waals surface area (Å²) in [5.41, 5.74) is 0. The van der Waals surface area contributed by atoms with Gasteiger partial charge in [0.15, 0.2) is 0 Å². The first-order chi connectivity index (χ1) is 6.43. The van der Waals surface area contributed by atoms with Gasteiger partial charge in [-0.25, -0.2) is 0 Å². The molecule has 78 valence electrons. The third-order valence-corrected chi connectivity index (χ3v) is 4.05. The molecule has 1 aliphatic carbocycles. The molecule has 0 bridgehead atoms. The minimum Gasteiger partial charge on any atom is -0.317 e. The Morgan fingerprint density at radius 1 is 1.23 bits per heavy atom. The van der Waals surface area contributed by atoms with Crippen LogP contribution < -0.4 is 5.32 Å². The number of hydrogen-bond acceptors (Lipinski definition) is 2.